The predicted octanol–water partition coefficient (Wildman–Crippen LogP) is 4.68. The number of aryl methyl sites for hydroxylation is 1. The second kappa shape index (κ2) is 9.01. The zero-order valence-electron chi connectivity index (χ0n) is 17.1. The van der Waals surface area contributed by atoms with Crippen molar-refractivity contribution in [1.29, 1.82) is 0 Å². The summed E-state index contributed by atoms with van der Waals surface area (Å²) in [7, 11) is 1.81. The van der Waals surface area contributed by atoms with Gasteiger partial charge in [0.25, 0.3) is 5.56 Å². The molecule has 0 aliphatic carbocycles. The van der Waals surface area contributed by atoms with E-state index in [0.29, 0.717) is 27.6 Å². The number of aromatic nitrogens is 2. The minimum absolute atomic E-state index is 0.132. The molecule has 4 aromatic rings. The Kier molecular flexibility index (Phi) is 6.18. The van der Waals surface area contributed by atoms with Crippen LogP contribution < -0.4 is 10.9 Å². The highest BCUT2D eigenvalue weighted by atomic mass is 35.5. The maximum Gasteiger partial charge on any atom is 0.260 e. The number of benzene rings is 2. The average Bonchev–Trinajstić information content (AvgIpc) is 3.14. The van der Waals surface area contributed by atoms with Gasteiger partial charge in [0, 0.05) is 27.2 Å². The molecule has 0 bridgehead atoms. The zero-order valence-corrected chi connectivity index (χ0v) is 18.7. The first kappa shape index (κ1) is 21.2. The zero-order chi connectivity index (χ0) is 22.0. The van der Waals surface area contributed by atoms with Gasteiger partial charge in [-0.2, -0.15) is 0 Å². The molecule has 0 spiro atoms. The molecule has 0 saturated heterocycles. The molecule has 158 valence electrons. The van der Waals surface area contributed by atoms with Crippen LogP contribution in [0.1, 0.15) is 11.4 Å². The maximum atomic E-state index is 12.8. The molecule has 31 heavy (non-hydrogen) atoms. The molecule has 0 unspecified atom stereocenters. The van der Waals surface area contributed by atoms with Crippen LogP contribution in [0, 0.1) is 6.92 Å². The first-order chi connectivity index (χ1) is 14.9. The molecule has 0 saturated carbocycles. The third-order valence-electron chi connectivity index (χ3n) is 4.83. The molecule has 4 rings (SSSR count). The third-order valence-corrected chi connectivity index (χ3v) is 6.03. The molecule has 8 heteroatoms. The quantitative estimate of drug-likeness (QED) is 0.445. The number of nitrogens with zero attached hydrogens (tertiary/aromatic N) is 2. The van der Waals surface area contributed by atoms with Crippen LogP contribution in [0.2, 0.25) is 5.02 Å². The lowest BCUT2D eigenvalue weighted by Crippen LogP contribution is -2.31. The van der Waals surface area contributed by atoms with Gasteiger partial charge in [-0.1, -0.05) is 47.5 Å². The highest BCUT2D eigenvalue weighted by Gasteiger charge is 2.16. The topological polar surface area (TPSA) is 78.1 Å². The average molecular weight is 453 g/mol. The normalized spacial score (nSPS) is 11.2. The van der Waals surface area contributed by atoms with E-state index >= 15 is 0 Å². The minimum Gasteiger partial charge on any atom is -0.325 e. The maximum absolute atomic E-state index is 12.8. The van der Waals surface area contributed by atoms with Crippen LogP contribution in [0.25, 0.3) is 21.3 Å². The third kappa shape index (κ3) is 4.85. The molecule has 0 radical (unpaired) electrons. The number of halogens is 1. The fraction of sp³-hybridized carbons (Fsp3) is 0.174. The number of H-pyrrole nitrogens is 1. The van der Waals surface area contributed by atoms with Gasteiger partial charge in [0.05, 0.1) is 18.5 Å². The Balaban J connectivity index is 1.49. The molecule has 2 aromatic heterocycles. The van der Waals surface area contributed by atoms with Crippen LogP contribution in [0.5, 0.6) is 0 Å². The van der Waals surface area contributed by atoms with Crippen molar-refractivity contribution in [3.05, 3.63) is 80.7 Å². The molecular weight excluding hydrogens is 432 g/mol. The number of fused-ring (bicyclic) bond motifs is 1. The Labute approximate surface area is 188 Å². The lowest BCUT2D eigenvalue weighted by molar-refractivity contribution is -0.117. The molecular formula is C23H21ClN4O2S. The number of likely N-dealkylation sites (N-methyl/N-ethyl adjacent to an activating group) is 1. The second-order valence-electron chi connectivity index (χ2n) is 7.41. The Hall–Kier alpha value is -3.00. The van der Waals surface area contributed by atoms with Gasteiger partial charge in [-0.3, -0.25) is 14.5 Å². The molecule has 0 atom stereocenters. The number of carbonyl (C=O) groups is 1. The van der Waals surface area contributed by atoms with E-state index in [1.807, 2.05) is 61.8 Å². The van der Waals surface area contributed by atoms with Gasteiger partial charge in [-0.25, -0.2) is 4.98 Å². The van der Waals surface area contributed by atoms with Crippen LogP contribution in [-0.2, 0) is 11.3 Å². The molecule has 2 heterocycles. The van der Waals surface area contributed by atoms with Gasteiger partial charge in [0.15, 0.2) is 0 Å². The van der Waals surface area contributed by atoms with E-state index in [2.05, 4.69) is 15.3 Å². The van der Waals surface area contributed by atoms with Crippen molar-refractivity contribution in [2.45, 2.75) is 13.5 Å². The van der Waals surface area contributed by atoms with Gasteiger partial charge in [0.1, 0.15) is 10.7 Å². The van der Waals surface area contributed by atoms with Crippen LogP contribution in [0.4, 0.5) is 5.69 Å². The van der Waals surface area contributed by atoms with Gasteiger partial charge in [0.2, 0.25) is 5.91 Å². The first-order valence-electron chi connectivity index (χ1n) is 9.71. The lowest BCUT2D eigenvalue weighted by Gasteiger charge is -2.15. The number of nitrogens with one attached hydrogen (secondary N) is 2. The Morgan fingerprint density at radius 2 is 1.90 bits per heavy atom. The standard InChI is InChI=1S/C23H21ClN4O2S/c1-14-7-9-15(10-8-14)25-20(29)12-28(2)11-19-26-22(30)21-17(13-31-23(21)27-19)16-5-3-4-6-18(16)24/h3-10,13H,11-12H2,1-2H3,(H,25,29)(H,26,27,30). The summed E-state index contributed by atoms with van der Waals surface area (Å²) in [5.74, 6) is 0.377. The summed E-state index contributed by atoms with van der Waals surface area (Å²) in [6, 6.07) is 15.1. The number of thiophene rings is 1. The largest absolute Gasteiger partial charge is 0.325 e. The van der Waals surface area contributed by atoms with Crippen LogP contribution in [0.3, 0.4) is 0 Å². The number of hydrogen-bond donors (Lipinski definition) is 2. The SMILES string of the molecule is Cc1ccc(NC(=O)CN(C)Cc2nc3scc(-c4ccccc4Cl)c3c(=O)[nH]2)cc1. The van der Waals surface area contributed by atoms with E-state index in [1.54, 1.807) is 11.0 Å². The summed E-state index contributed by atoms with van der Waals surface area (Å²) in [4.78, 5) is 35.0. The highest BCUT2D eigenvalue weighted by molar-refractivity contribution is 7.17. The molecule has 1 amide bonds. The Morgan fingerprint density at radius 3 is 2.65 bits per heavy atom. The second-order valence-corrected chi connectivity index (χ2v) is 8.67. The molecule has 6 nitrogen and oxygen atoms in total. The number of rotatable bonds is 6. The summed E-state index contributed by atoms with van der Waals surface area (Å²) in [5.41, 5.74) is 3.25. The van der Waals surface area contributed by atoms with Crippen molar-refractivity contribution in [3.63, 3.8) is 0 Å². The monoisotopic (exact) mass is 452 g/mol. The van der Waals surface area contributed by atoms with E-state index in [0.717, 1.165) is 22.4 Å². The highest BCUT2D eigenvalue weighted by Crippen LogP contribution is 2.34. The van der Waals surface area contributed by atoms with E-state index in [9.17, 15) is 9.59 Å². The Bertz CT molecular complexity index is 1300. The van der Waals surface area contributed by atoms with Crippen molar-refractivity contribution in [1.82, 2.24) is 14.9 Å². The predicted molar refractivity (Wildman–Crippen MR) is 127 cm³/mol. The molecule has 0 aliphatic rings. The molecule has 2 aromatic carbocycles. The van der Waals surface area contributed by atoms with Crippen LogP contribution in [-0.4, -0.2) is 34.4 Å². The summed E-state index contributed by atoms with van der Waals surface area (Å²) >= 11 is 7.71. The first-order valence-corrected chi connectivity index (χ1v) is 11.0. The number of anilines is 1. The van der Waals surface area contributed by atoms with Crippen LogP contribution in [0.15, 0.2) is 58.7 Å². The number of amides is 1. The van der Waals surface area contributed by atoms with Crippen molar-refractivity contribution < 1.29 is 4.79 Å². The van der Waals surface area contributed by atoms with Crippen LogP contribution >= 0.6 is 22.9 Å². The minimum atomic E-state index is -0.214. The van der Waals surface area contributed by atoms with Crippen molar-refractivity contribution in [2.24, 2.45) is 0 Å². The van der Waals surface area contributed by atoms with Crippen molar-refractivity contribution >= 4 is 44.7 Å². The fourth-order valence-corrected chi connectivity index (χ4v) is 4.54. The fourth-order valence-electron chi connectivity index (χ4n) is 3.34. The van der Waals surface area contributed by atoms with Gasteiger partial charge >= 0.3 is 0 Å². The summed E-state index contributed by atoms with van der Waals surface area (Å²) in [6.45, 7) is 2.51. The molecule has 2 N–H and O–H groups in total. The summed E-state index contributed by atoms with van der Waals surface area (Å²) in [6.07, 6.45) is 0. The summed E-state index contributed by atoms with van der Waals surface area (Å²) < 4.78 is 0. The number of hydrogen-bond acceptors (Lipinski definition) is 5. The van der Waals surface area contributed by atoms with Gasteiger partial charge in [-0.15, -0.1) is 11.3 Å². The van der Waals surface area contributed by atoms with E-state index in [4.69, 9.17) is 11.6 Å². The van der Waals surface area contributed by atoms with Gasteiger partial charge < -0.3 is 10.3 Å². The Morgan fingerprint density at radius 1 is 1.16 bits per heavy atom. The summed E-state index contributed by atoms with van der Waals surface area (Å²) in [5, 5.41) is 5.89. The van der Waals surface area contributed by atoms with E-state index < -0.39 is 0 Å². The number of carbonyl (C=O) groups excluding carboxylic acids is 1. The smallest absolute Gasteiger partial charge is 0.260 e. The lowest BCUT2D eigenvalue weighted by atomic mass is 10.1. The molecule has 0 aliphatic heterocycles. The van der Waals surface area contributed by atoms with E-state index in [1.165, 1.54) is 11.3 Å². The van der Waals surface area contributed by atoms with E-state index in [-0.39, 0.29) is 18.0 Å². The number of aromatic amines is 1. The van der Waals surface area contributed by atoms with Crippen molar-refractivity contribution in [2.75, 3.05) is 18.9 Å². The molecule has 0 fully saturated rings. The van der Waals surface area contributed by atoms with Crippen molar-refractivity contribution in [3.8, 4) is 11.1 Å². The van der Waals surface area contributed by atoms with Gasteiger partial charge in [-0.05, 0) is 32.2 Å².